The van der Waals surface area contributed by atoms with Crippen LogP contribution in [0.2, 0.25) is 0 Å². The number of rotatable bonds is 7. The molecule has 1 aromatic carbocycles. The maximum absolute atomic E-state index is 10.5. The highest BCUT2D eigenvalue weighted by Crippen LogP contribution is 2.36. The molecule has 1 fully saturated rings. The molecule has 0 atom stereocenters. The Balaban J connectivity index is 2.01. The third-order valence-electron chi connectivity index (χ3n) is 5.45. The summed E-state index contributed by atoms with van der Waals surface area (Å²) in [5.41, 5.74) is 2.51. The maximum atomic E-state index is 10.5. The first-order valence-electron chi connectivity index (χ1n) is 9.35. The van der Waals surface area contributed by atoms with Gasteiger partial charge in [0.15, 0.2) is 0 Å². The Morgan fingerprint density at radius 1 is 1.09 bits per heavy atom. The van der Waals surface area contributed by atoms with Gasteiger partial charge in [-0.1, -0.05) is 84.3 Å². The van der Waals surface area contributed by atoms with E-state index in [1.165, 1.54) is 56.9 Å². The summed E-state index contributed by atoms with van der Waals surface area (Å²) in [6, 6.07) is 6.47. The van der Waals surface area contributed by atoms with Crippen LogP contribution < -0.4 is 0 Å². The fourth-order valence-electron chi connectivity index (χ4n) is 3.95. The van der Waals surface area contributed by atoms with Gasteiger partial charge in [-0.05, 0) is 41.4 Å². The van der Waals surface area contributed by atoms with E-state index >= 15 is 0 Å². The van der Waals surface area contributed by atoms with Crippen LogP contribution in [0.25, 0.3) is 0 Å². The Kier molecular flexibility index (Phi) is 6.35. The summed E-state index contributed by atoms with van der Waals surface area (Å²) in [5.74, 6) is 1.34. The maximum Gasteiger partial charge on any atom is 0.119 e. The van der Waals surface area contributed by atoms with Crippen molar-refractivity contribution in [1.29, 1.82) is 0 Å². The quantitative estimate of drug-likeness (QED) is 0.580. The first-order chi connectivity index (χ1) is 10.5. The molecular formula is C21H34O. The predicted molar refractivity (Wildman–Crippen MR) is 95.6 cm³/mol. The second kappa shape index (κ2) is 8.04. The lowest BCUT2D eigenvalue weighted by molar-refractivity contribution is 0.355. The van der Waals surface area contributed by atoms with Crippen molar-refractivity contribution in [1.82, 2.24) is 0 Å². The Morgan fingerprint density at radius 3 is 2.45 bits per heavy atom. The summed E-state index contributed by atoms with van der Waals surface area (Å²) in [6.07, 6.45) is 13.0. The first kappa shape index (κ1) is 17.4. The van der Waals surface area contributed by atoms with E-state index in [4.69, 9.17) is 0 Å². The van der Waals surface area contributed by atoms with Crippen molar-refractivity contribution in [2.75, 3.05) is 0 Å². The van der Waals surface area contributed by atoms with E-state index in [0.29, 0.717) is 5.75 Å². The fraction of sp³-hybridized carbons (Fsp3) is 0.714. The molecule has 2 rings (SSSR count). The molecule has 0 radical (unpaired) electrons. The molecule has 0 heterocycles. The second-order valence-corrected chi connectivity index (χ2v) is 7.90. The van der Waals surface area contributed by atoms with Crippen LogP contribution in [-0.4, -0.2) is 5.11 Å². The van der Waals surface area contributed by atoms with Gasteiger partial charge in [0.05, 0.1) is 0 Å². The van der Waals surface area contributed by atoms with Crippen molar-refractivity contribution >= 4 is 0 Å². The molecule has 0 spiro atoms. The summed E-state index contributed by atoms with van der Waals surface area (Å²) in [4.78, 5) is 0. The number of benzene rings is 1. The normalized spacial score (nSPS) is 16.9. The molecule has 1 aromatic rings. The van der Waals surface area contributed by atoms with Crippen molar-refractivity contribution in [3.63, 3.8) is 0 Å². The molecule has 1 aliphatic carbocycles. The SMILES string of the molecule is CCCCCC(C)(C)c1ccc(CC2CCCCC2)cc1O. The molecule has 1 heteroatoms. The topological polar surface area (TPSA) is 20.2 Å². The van der Waals surface area contributed by atoms with Crippen LogP contribution in [0.15, 0.2) is 18.2 Å². The standard InChI is InChI=1S/C21H34O/c1-4-5-9-14-21(2,3)19-13-12-18(16-20(19)22)15-17-10-7-6-8-11-17/h12-13,16-17,22H,4-11,14-15H2,1-3H3. The summed E-state index contributed by atoms with van der Waals surface area (Å²) >= 11 is 0. The van der Waals surface area contributed by atoms with Crippen LogP contribution in [0.4, 0.5) is 0 Å². The third-order valence-corrected chi connectivity index (χ3v) is 5.45. The monoisotopic (exact) mass is 302 g/mol. The first-order valence-corrected chi connectivity index (χ1v) is 9.35. The lowest BCUT2D eigenvalue weighted by Crippen LogP contribution is -2.17. The molecule has 0 unspecified atom stereocenters. The summed E-state index contributed by atoms with van der Waals surface area (Å²) in [6.45, 7) is 6.77. The van der Waals surface area contributed by atoms with E-state index < -0.39 is 0 Å². The average molecular weight is 303 g/mol. The van der Waals surface area contributed by atoms with E-state index in [1.54, 1.807) is 0 Å². The molecule has 0 aliphatic heterocycles. The van der Waals surface area contributed by atoms with Crippen LogP contribution in [0.1, 0.15) is 89.7 Å². The highest BCUT2D eigenvalue weighted by atomic mass is 16.3. The van der Waals surface area contributed by atoms with Gasteiger partial charge < -0.3 is 5.11 Å². The van der Waals surface area contributed by atoms with Crippen molar-refractivity contribution < 1.29 is 5.11 Å². The van der Waals surface area contributed by atoms with Crippen LogP contribution in [0.5, 0.6) is 5.75 Å². The third kappa shape index (κ3) is 4.76. The zero-order valence-corrected chi connectivity index (χ0v) is 14.8. The van der Waals surface area contributed by atoms with Crippen molar-refractivity contribution in [3.8, 4) is 5.75 Å². The van der Waals surface area contributed by atoms with Crippen LogP contribution in [0, 0.1) is 5.92 Å². The number of hydrogen-bond donors (Lipinski definition) is 1. The van der Waals surface area contributed by atoms with Crippen LogP contribution in [-0.2, 0) is 11.8 Å². The molecule has 1 aliphatic rings. The Bertz CT molecular complexity index is 455. The number of aromatic hydroxyl groups is 1. The molecule has 0 saturated heterocycles. The molecule has 1 N–H and O–H groups in total. The fourth-order valence-corrected chi connectivity index (χ4v) is 3.95. The molecule has 0 amide bonds. The van der Waals surface area contributed by atoms with Gasteiger partial charge in [0, 0.05) is 0 Å². The van der Waals surface area contributed by atoms with Gasteiger partial charge in [-0.15, -0.1) is 0 Å². The van der Waals surface area contributed by atoms with Crippen LogP contribution >= 0.6 is 0 Å². The average Bonchev–Trinajstić information content (AvgIpc) is 2.48. The van der Waals surface area contributed by atoms with Gasteiger partial charge in [-0.25, -0.2) is 0 Å². The van der Waals surface area contributed by atoms with Gasteiger partial charge in [-0.3, -0.25) is 0 Å². The molecule has 0 aromatic heterocycles. The predicted octanol–water partition coefficient (Wildman–Crippen LogP) is 6.37. The Morgan fingerprint density at radius 2 is 1.82 bits per heavy atom. The smallest absolute Gasteiger partial charge is 0.119 e. The van der Waals surface area contributed by atoms with Gasteiger partial charge in [-0.2, -0.15) is 0 Å². The molecule has 22 heavy (non-hydrogen) atoms. The van der Waals surface area contributed by atoms with Crippen LogP contribution in [0.3, 0.4) is 0 Å². The molecule has 0 bridgehead atoms. The number of phenols is 1. The highest BCUT2D eigenvalue weighted by molar-refractivity contribution is 5.41. The molecule has 124 valence electrons. The number of phenolic OH excluding ortho intramolecular Hbond substituents is 1. The lowest BCUT2D eigenvalue weighted by Gasteiger charge is -2.27. The highest BCUT2D eigenvalue weighted by Gasteiger charge is 2.24. The summed E-state index contributed by atoms with van der Waals surface area (Å²) < 4.78 is 0. The summed E-state index contributed by atoms with van der Waals surface area (Å²) in [5, 5.41) is 10.5. The Labute approximate surface area is 137 Å². The van der Waals surface area contributed by atoms with Gasteiger partial charge in [0.2, 0.25) is 0 Å². The Hall–Kier alpha value is -0.980. The van der Waals surface area contributed by atoms with Gasteiger partial charge in [0.25, 0.3) is 0 Å². The number of unbranched alkanes of at least 4 members (excludes halogenated alkanes) is 2. The van der Waals surface area contributed by atoms with Gasteiger partial charge in [0.1, 0.15) is 5.75 Å². The second-order valence-electron chi connectivity index (χ2n) is 7.90. The zero-order valence-electron chi connectivity index (χ0n) is 14.8. The minimum absolute atomic E-state index is 0.0720. The molecular weight excluding hydrogens is 268 g/mol. The minimum Gasteiger partial charge on any atom is -0.508 e. The number of hydrogen-bond acceptors (Lipinski definition) is 1. The minimum atomic E-state index is 0.0720. The van der Waals surface area contributed by atoms with E-state index in [1.807, 2.05) is 6.07 Å². The largest absolute Gasteiger partial charge is 0.508 e. The van der Waals surface area contributed by atoms with Gasteiger partial charge >= 0.3 is 0 Å². The zero-order chi connectivity index (χ0) is 16.0. The van der Waals surface area contributed by atoms with Crippen molar-refractivity contribution in [2.45, 2.75) is 90.4 Å². The van der Waals surface area contributed by atoms with E-state index in [9.17, 15) is 5.11 Å². The van der Waals surface area contributed by atoms with E-state index in [2.05, 4.69) is 32.9 Å². The van der Waals surface area contributed by atoms with Crippen molar-refractivity contribution in [2.24, 2.45) is 5.92 Å². The van der Waals surface area contributed by atoms with Crippen molar-refractivity contribution in [3.05, 3.63) is 29.3 Å². The lowest BCUT2D eigenvalue weighted by atomic mass is 9.78. The molecule has 1 nitrogen and oxygen atoms in total. The summed E-state index contributed by atoms with van der Waals surface area (Å²) in [7, 11) is 0. The molecule has 1 saturated carbocycles. The van der Waals surface area contributed by atoms with E-state index in [-0.39, 0.29) is 5.41 Å². The van der Waals surface area contributed by atoms with E-state index in [0.717, 1.165) is 24.3 Å².